The van der Waals surface area contributed by atoms with Gasteiger partial charge in [-0.3, -0.25) is 9.59 Å². The minimum Gasteiger partial charge on any atom is -0.497 e. The van der Waals surface area contributed by atoms with Crippen molar-refractivity contribution < 1.29 is 18.7 Å². The number of amides is 2. The van der Waals surface area contributed by atoms with Crippen LogP contribution in [0.3, 0.4) is 0 Å². The van der Waals surface area contributed by atoms with E-state index in [1.807, 2.05) is 36.1 Å². The molecular weight excluding hydrogens is 392 g/mol. The molecule has 1 unspecified atom stereocenters. The molecule has 2 heterocycles. The number of aryl methyl sites for hydroxylation is 1. The minimum absolute atomic E-state index is 0.0634. The number of carbonyl (C=O) groups is 2. The number of nitrogens with one attached hydrogen (secondary N) is 1. The van der Waals surface area contributed by atoms with E-state index < -0.39 is 0 Å². The monoisotopic (exact) mass is 420 g/mol. The smallest absolute Gasteiger partial charge is 0.254 e. The van der Waals surface area contributed by atoms with E-state index >= 15 is 0 Å². The van der Waals surface area contributed by atoms with Gasteiger partial charge in [-0.15, -0.1) is 0 Å². The lowest BCUT2D eigenvalue weighted by Gasteiger charge is -2.33. The Morgan fingerprint density at radius 1 is 1.19 bits per heavy atom. The second kappa shape index (κ2) is 8.84. The van der Waals surface area contributed by atoms with Crippen LogP contribution in [0.2, 0.25) is 0 Å². The topological polar surface area (TPSA) is 71.8 Å². The number of fused-ring (bicyclic) bond motifs is 1. The van der Waals surface area contributed by atoms with Gasteiger partial charge < -0.3 is 19.4 Å². The summed E-state index contributed by atoms with van der Waals surface area (Å²) >= 11 is 0. The maximum Gasteiger partial charge on any atom is 0.254 e. The van der Waals surface area contributed by atoms with Gasteiger partial charge in [-0.25, -0.2) is 0 Å². The first kappa shape index (κ1) is 21.0. The maximum absolute atomic E-state index is 12.9. The molecule has 162 valence electrons. The molecule has 6 nitrogen and oxygen atoms in total. The molecular formula is C25H28N2O4. The molecule has 0 bridgehead atoms. The minimum atomic E-state index is -0.134. The summed E-state index contributed by atoms with van der Waals surface area (Å²) in [4.78, 5) is 27.5. The van der Waals surface area contributed by atoms with Crippen molar-refractivity contribution in [3.63, 3.8) is 0 Å². The largest absolute Gasteiger partial charge is 0.497 e. The van der Waals surface area contributed by atoms with Crippen molar-refractivity contribution in [3.05, 3.63) is 59.4 Å². The normalized spacial score (nSPS) is 16.4. The number of rotatable bonds is 5. The summed E-state index contributed by atoms with van der Waals surface area (Å²) in [5.41, 5.74) is 3.75. The molecule has 1 saturated heterocycles. The number of hydrogen-bond donors (Lipinski definition) is 1. The van der Waals surface area contributed by atoms with Gasteiger partial charge in [0.25, 0.3) is 5.91 Å². The molecule has 1 fully saturated rings. The summed E-state index contributed by atoms with van der Waals surface area (Å²) in [7, 11) is 1.60. The quantitative estimate of drug-likeness (QED) is 0.634. The average molecular weight is 421 g/mol. The van der Waals surface area contributed by atoms with Crippen LogP contribution < -0.4 is 10.1 Å². The number of hydrogen-bond acceptors (Lipinski definition) is 4. The van der Waals surface area contributed by atoms with Crippen molar-refractivity contribution in [1.29, 1.82) is 0 Å². The second-order valence-electron chi connectivity index (χ2n) is 8.22. The molecule has 6 heteroatoms. The van der Waals surface area contributed by atoms with Crippen LogP contribution in [0.25, 0.3) is 11.0 Å². The van der Waals surface area contributed by atoms with Crippen molar-refractivity contribution in [1.82, 2.24) is 4.90 Å². The van der Waals surface area contributed by atoms with Crippen molar-refractivity contribution in [2.45, 2.75) is 45.6 Å². The molecule has 1 N–H and O–H groups in total. The van der Waals surface area contributed by atoms with Crippen molar-refractivity contribution >= 4 is 28.5 Å². The second-order valence-corrected chi connectivity index (χ2v) is 8.22. The Labute approximate surface area is 182 Å². The van der Waals surface area contributed by atoms with Crippen LogP contribution in [-0.2, 0) is 11.2 Å². The van der Waals surface area contributed by atoms with Crippen LogP contribution >= 0.6 is 0 Å². The fraction of sp³-hybridized carbons (Fsp3) is 0.360. The molecule has 1 aliphatic rings. The van der Waals surface area contributed by atoms with Gasteiger partial charge in [0.1, 0.15) is 11.3 Å². The maximum atomic E-state index is 12.9. The zero-order valence-corrected chi connectivity index (χ0v) is 18.2. The Morgan fingerprint density at radius 2 is 2.03 bits per heavy atom. The summed E-state index contributed by atoms with van der Waals surface area (Å²) in [5.74, 6) is 0.640. The van der Waals surface area contributed by atoms with E-state index in [9.17, 15) is 9.59 Å². The first-order valence-corrected chi connectivity index (χ1v) is 10.7. The van der Waals surface area contributed by atoms with Gasteiger partial charge in [-0.2, -0.15) is 0 Å². The van der Waals surface area contributed by atoms with E-state index in [4.69, 9.17) is 9.15 Å². The van der Waals surface area contributed by atoms with Crippen LogP contribution in [-0.4, -0.2) is 36.4 Å². The van der Waals surface area contributed by atoms with Crippen LogP contribution in [0.4, 0.5) is 5.69 Å². The third-order valence-electron chi connectivity index (χ3n) is 6.03. The predicted octanol–water partition coefficient (Wildman–Crippen LogP) is 4.95. The summed E-state index contributed by atoms with van der Waals surface area (Å²) in [6.45, 7) is 4.82. The van der Waals surface area contributed by atoms with Crippen LogP contribution in [0.5, 0.6) is 5.75 Å². The van der Waals surface area contributed by atoms with E-state index in [1.165, 1.54) is 6.42 Å². The zero-order valence-electron chi connectivity index (χ0n) is 18.2. The third kappa shape index (κ3) is 4.43. The fourth-order valence-corrected chi connectivity index (χ4v) is 4.20. The Morgan fingerprint density at radius 3 is 2.77 bits per heavy atom. The van der Waals surface area contributed by atoms with E-state index in [0.29, 0.717) is 22.6 Å². The Hall–Kier alpha value is -3.28. The molecule has 1 aliphatic heterocycles. The van der Waals surface area contributed by atoms with Gasteiger partial charge in [0.15, 0.2) is 0 Å². The van der Waals surface area contributed by atoms with Gasteiger partial charge >= 0.3 is 0 Å². The molecule has 0 radical (unpaired) electrons. The SMILES string of the molecule is COc1ccc2c(CC(=O)Nc3ccc(C(=O)N4CCCCC4C)cc3C)coc2c1. The first-order chi connectivity index (χ1) is 15.0. The highest BCUT2D eigenvalue weighted by Gasteiger charge is 2.24. The first-order valence-electron chi connectivity index (χ1n) is 10.7. The number of piperidine rings is 1. The van der Waals surface area contributed by atoms with E-state index in [0.717, 1.165) is 35.9 Å². The predicted molar refractivity (Wildman–Crippen MR) is 121 cm³/mol. The lowest BCUT2D eigenvalue weighted by Crippen LogP contribution is -2.42. The van der Waals surface area contributed by atoms with Crippen molar-refractivity contribution in [3.8, 4) is 5.75 Å². The van der Waals surface area contributed by atoms with E-state index in [-0.39, 0.29) is 24.3 Å². The Kier molecular flexibility index (Phi) is 5.98. The van der Waals surface area contributed by atoms with Gasteiger partial charge in [0.2, 0.25) is 5.91 Å². The number of methoxy groups -OCH3 is 1. The molecule has 1 atom stereocenters. The number of carbonyl (C=O) groups excluding carboxylic acids is 2. The molecule has 0 aliphatic carbocycles. The highest BCUT2D eigenvalue weighted by molar-refractivity contribution is 5.98. The number of benzene rings is 2. The number of anilines is 1. The summed E-state index contributed by atoms with van der Waals surface area (Å²) < 4.78 is 10.8. The van der Waals surface area contributed by atoms with Crippen LogP contribution in [0.15, 0.2) is 47.1 Å². The van der Waals surface area contributed by atoms with E-state index in [2.05, 4.69) is 12.2 Å². The number of ether oxygens (including phenoxy) is 1. The van der Waals surface area contributed by atoms with Gasteiger partial charge in [0, 0.05) is 40.9 Å². The molecule has 2 amide bonds. The van der Waals surface area contributed by atoms with Crippen molar-refractivity contribution in [2.75, 3.05) is 19.0 Å². The summed E-state index contributed by atoms with van der Waals surface area (Å²) in [6, 6.07) is 11.3. The highest BCUT2D eigenvalue weighted by Crippen LogP contribution is 2.27. The Balaban J connectivity index is 1.44. The summed E-state index contributed by atoms with van der Waals surface area (Å²) in [5, 5.41) is 3.85. The third-order valence-corrected chi connectivity index (χ3v) is 6.03. The van der Waals surface area contributed by atoms with Gasteiger partial charge in [-0.1, -0.05) is 0 Å². The molecule has 3 aromatic rings. The number of furan rings is 1. The molecule has 4 rings (SSSR count). The number of likely N-dealkylation sites (tertiary alicyclic amines) is 1. The van der Waals surface area contributed by atoms with Crippen LogP contribution in [0.1, 0.15) is 47.7 Å². The zero-order chi connectivity index (χ0) is 22.0. The van der Waals surface area contributed by atoms with Gasteiger partial charge in [0.05, 0.1) is 19.8 Å². The van der Waals surface area contributed by atoms with Crippen LogP contribution in [0, 0.1) is 6.92 Å². The molecule has 0 spiro atoms. The number of nitrogens with zero attached hydrogens (tertiary/aromatic N) is 1. The van der Waals surface area contributed by atoms with Crippen molar-refractivity contribution in [2.24, 2.45) is 0 Å². The van der Waals surface area contributed by atoms with E-state index in [1.54, 1.807) is 25.5 Å². The molecule has 0 saturated carbocycles. The van der Waals surface area contributed by atoms with Gasteiger partial charge in [-0.05, 0) is 69.0 Å². The highest BCUT2D eigenvalue weighted by atomic mass is 16.5. The average Bonchev–Trinajstić information content (AvgIpc) is 3.16. The summed E-state index contributed by atoms with van der Waals surface area (Å²) in [6.07, 6.45) is 5.09. The lowest BCUT2D eigenvalue weighted by molar-refractivity contribution is -0.115. The lowest BCUT2D eigenvalue weighted by atomic mass is 10.0. The standard InChI is InChI=1S/C25H28N2O4/c1-16-12-18(25(29)27-11-5-4-6-17(27)2)7-10-22(16)26-24(28)13-19-15-31-23-14-20(30-3)8-9-21(19)23/h7-10,12,14-15,17H,4-6,11,13H2,1-3H3,(H,26,28). The fourth-order valence-electron chi connectivity index (χ4n) is 4.20. The Bertz CT molecular complexity index is 1120. The molecule has 2 aromatic carbocycles. The molecule has 31 heavy (non-hydrogen) atoms. The molecule has 1 aromatic heterocycles.